The van der Waals surface area contributed by atoms with Crippen molar-refractivity contribution in [1.29, 1.82) is 0 Å². The number of imidazole rings is 1. The molecule has 0 unspecified atom stereocenters. The highest BCUT2D eigenvalue weighted by Crippen LogP contribution is 2.40. The second kappa shape index (κ2) is 16.4. The minimum Gasteiger partial charge on any atom is -0.468 e. The van der Waals surface area contributed by atoms with Crippen LogP contribution in [0.15, 0.2) is 134 Å². The Morgan fingerprint density at radius 2 is 1.36 bits per heavy atom. The number of carbonyl (C=O) groups excluding carboxylic acids is 2. The first kappa shape index (κ1) is 33.1. The summed E-state index contributed by atoms with van der Waals surface area (Å²) in [5.41, 5.74) is 4.03. The van der Waals surface area contributed by atoms with E-state index in [-0.39, 0.29) is 19.6 Å². The Bertz CT molecular complexity index is 1580. The summed E-state index contributed by atoms with van der Waals surface area (Å²) < 4.78 is 12.5. The van der Waals surface area contributed by atoms with Crippen LogP contribution in [0.3, 0.4) is 0 Å². The monoisotopic (exact) mass is 632 g/mol. The van der Waals surface area contributed by atoms with Gasteiger partial charge in [0.05, 0.1) is 31.8 Å². The fraction of sp³-hybridized carbons (Fsp3) is 0.237. The van der Waals surface area contributed by atoms with Gasteiger partial charge in [0.15, 0.2) is 0 Å². The third-order valence-electron chi connectivity index (χ3n) is 8.14. The molecule has 0 bridgehead atoms. The predicted octanol–water partition coefficient (Wildman–Crippen LogP) is 5.07. The van der Waals surface area contributed by atoms with Gasteiger partial charge in [-0.05, 0) is 35.2 Å². The number of amides is 1. The normalized spacial score (nSPS) is 12.6. The van der Waals surface area contributed by atoms with E-state index in [1.54, 1.807) is 0 Å². The number of ether oxygens (including phenoxy) is 2. The zero-order chi connectivity index (χ0) is 32.9. The fourth-order valence-corrected chi connectivity index (χ4v) is 5.80. The van der Waals surface area contributed by atoms with Crippen molar-refractivity contribution >= 4 is 12.1 Å². The molecular formula is C38H40N4O5. The number of alkyl carbamates (subject to hydrolysis) is 1. The molecule has 0 spiro atoms. The fourth-order valence-electron chi connectivity index (χ4n) is 5.80. The lowest BCUT2D eigenvalue weighted by Gasteiger charge is -2.37. The topological polar surface area (TPSA) is 115 Å². The minimum absolute atomic E-state index is 0.125. The van der Waals surface area contributed by atoms with E-state index in [0.717, 1.165) is 22.3 Å². The second-order valence-electron chi connectivity index (χ2n) is 11.2. The first-order chi connectivity index (χ1) is 23.0. The number of benzene rings is 4. The maximum atomic E-state index is 12.9. The molecule has 5 rings (SSSR count). The summed E-state index contributed by atoms with van der Waals surface area (Å²) in [6.45, 7) is 0.169. The first-order valence-electron chi connectivity index (χ1n) is 15.6. The summed E-state index contributed by atoms with van der Waals surface area (Å²) in [7, 11) is 1.35. The van der Waals surface area contributed by atoms with Crippen molar-refractivity contribution in [3.8, 4) is 0 Å². The van der Waals surface area contributed by atoms with Gasteiger partial charge in [0, 0.05) is 12.6 Å². The number of hydrogen-bond acceptors (Lipinski definition) is 7. The Morgan fingerprint density at radius 1 is 0.830 bits per heavy atom. The van der Waals surface area contributed by atoms with E-state index in [1.165, 1.54) is 7.11 Å². The molecule has 1 amide bonds. The number of aliphatic hydroxyl groups is 1. The number of rotatable bonds is 15. The van der Waals surface area contributed by atoms with Crippen molar-refractivity contribution in [2.24, 2.45) is 0 Å². The van der Waals surface area contributed by atoms with E-state index < -0.39 is 29.7 Å². The van der Waals surface area contributed by atoms with E-state index in [2.05, 4.69) is 51.6 Å². The van der Waals surface area contributed by atoms with Gasteiger partial charge >= 0.3 is 12.1 Å². The van der Waals surface area contributed by atoms with Crippen LogP contribution in [0, 0.1) is 0 Å². The molecule has 0 aliphatic carbocycles. The van der Waals surface area contributed by atoms with Crippen LogP contribution < -0.4 is 10.6 Å². The second-order valence-corrected chi connectivity index (χ2v) is 11.2. The molecule has 3 N–H and O–H groups in total. The van der Waals surface area contributed by atoms with E-state index in [9.17, 15) is 14.7 Å². The van der Waals surface area contributed by atoms with Crippen molar-refractivity contribution in [3.05, 3.63) is 162 Å². The third-order valence-corrected chi connectivity index (χ3v) is 8.14. The summed E-state index contributed by atoms with van der Waals surface area (Å²) in [5, 5.41) is 15.8. The smallest absolute Gasteiger partial charge is 0.407 e. The SMILES string of the molecule is COC(=O)[C@H](Cc1cn(C(c2ccccc2)(c2ccccc2)c2ccccc2)cn1)NCC[C@@H](CO)NC(=O)OCc1ccccc1. The molecule has 0 aliphatic rings. The van der Waals surface area contributed by atoms with Crippen molar-refractivity contribution in [1.82, 2.24) is 20.2 Å². The van der Waals surface area contributed by atoms with Crippen LogP contribution >= 0.6 is 0 Å². The van der Waals surface area contributed by atoms with Gasteiger partial charge in [0.25, 0.3) is 0 Å². The number of aliphatic hydroxyl groups excluding tert-OH is 1. The summed E-state index contributed by atoms with van der Waals surface area (Å²) in [6, 6.07) is 38.9. The first-order valence-corrected chi connectivity index (χ1v) is 15.6. The molecule has 0 aliphatic heterocycles. The molecule has 47 heavy (non-hydrogen) atoms. The summed E-state index contributed by atoms with van der Waals surface area (Å²) in [6.07, 6.45) is 3.79. The molecular weight excluding hydrogens is 592 g/mol. The van der Waals surface area contributed by atoms with Gasteiger partial charge in [-0.25, -0.2) is 9.78 Å². The van der Waals surface area contributed by atoms with Crippen LogP contribution in [0.1, 0.15) is 34.4 Å². The van der Waals surface area contributed by atoms with Crippen LogP contribution in [0.4, 0.5) is 4.79 Å². The molecule has 242 valence electrons. The lowest BCUT2D eigenvalue weighted by atomic mass is 9.77. The van der Waals surface area contributed by atoms with Crippen LogP contribution in [0.5, 0.6) is 0 Å². The molecule has 0 saturated heterocycles. The zero-order valence-corrected chi connectivity index (χ0v) is 26.4. The van der Waals surface area contributed by atoms with Crippen LogP contribution in [-0.2, 0) is 32.8 Å². The zero-order valence-electron chi connectivity index (χ0n) is 26.4. The molecule has 0 radical (unpaired) electrons. The van der Waals surface area contributed by atoms with Gasteiger partial charge < -0.3 is 29.8 Å². The van der Waals surface area contributed by atoms with Crippen LogP contribution in [-0.4, -0.2) is 59.1 Å². The lowest BCUT2D eigenvalue weighted by Crippen LogP contribution is -2.44. The molecule has 4 aromatic carbocycles. The summed E-state index contributed by atoms with van der Waals surface area (Å²) >= 11 is 0. The van der Waals surface area contributed by atoms with Crippen molar-refractivity contribution in [3.63, 3.8) is 0 Å². The van der Waals surface area contributed by atoms with Gasteiger partial charge in [-0.3, -0.25) is 4.79 Å². The number of carbonyl (C=O) groups is 2. The van der Waals surface area contributed by atoms with Gasteiger partial charge in [0.1, 0.15) is 18.2 Å². The quantitative estimate of drug-likeness (QED) is 0.109. The molecule has 2 atom stereocenters. The molecule has 5 aromatic rings. The average Bonchev–Trinajstić information content (AvgIpc) is 3.60. The summed E-state index contributed by atoms with van der Waals surface area (Å²) in [5.74, 6) is -0.434. The van der Waals surface area contributed by atoms with E-state index >= 15 is 0 Å². The third kappa shape index (κ3) is 8.13. The highest BCUT2D eigenvalue weighted by atomic mass is 16.5. The molecule has 0 saturated carbocycles. The van der Waals surface area contributed by atoms with Crippen LogP contribution in [0.25, 0.3) is 0 Å². The molecule has 0 fully saturated rings. The number of nitrogens with one attached hydrogen (secondary N) is 2. The molecule has 1 aromatic heterocycles. The number of hydrogen-bond donors (Lipinski definition) is 3. The van der Waals surface area contributed by atoms with Gasteiger partial charge in [-0.15, -0.1) is 0 Å². The largest absolute Gasteiger partial charge is 0.468 e. The Hall–Kier alpha value is -5.25. The number of methoxy groups -OCH3 is 1. The maximum absolute atomic E-state index is 12.9. The standard InChI is InChI=1S/C38H40N4O5/c1-46-36(44)35(39-23-22-33(26-43)41-37(45)47-27-29-14-6-2-7-15-29)24-34-25-42(28-40-34)38(30-16-8-3-9-17-30,31-18-10-4-11-19-31)32-20-12-5-13-21-32/h2-21,25,28,33,35,39,43H,22-24,26-27H2,1H3,(H,41,45)/t33-,35-/m0/s1. The highest BCUT2D eigenvalue weighted by Gasteiger charge is 2.38. The number of aromatic nitrogens is 2. The van der Waals surface area contributed by atoms with Crippen LogP contribution in [0.2, 0.25) is 0 Å². The van der Waals surface area contributed by atoms with E-state index in [4.69, 9.17) is 14.5 Å². The molecule has 9 heteroatoms. The molecule has 9 nitrogen and oxygen atoms in total. The minimum atomic E-state index is -0.724. The van der Waals surface area contributed by atoms with E-state index in [1.807, 2.05) is 97.5 Å². The van der Waals surface area contributed by atoms with Gasteiger partial charge in [-0.2, -0.15) is 0 Å². The molecule has 1 heterocycles. The summed E-state index contributed by atoms with van der Waals surface area (Å²) in [4.78, 5) is 29.9. The lowest BCUT2D eigenvalue weighted by molar-refractivity contribution is -0.143. The Morgan fingerprint density at radius 3 is 1.87 bits per heavy atom. The van der Waals surface area contributed by atoms with Crippen molar-refractivity contribution in [2.75, 3.05) is 20.3 Å². The average molecular weight is 633 g/mol. The number of esters is 1. The van der Waals surface area contributed by atoms with Crippen molar-refractivity contribution < 1.29 is 24.2 Å². The number of nitrogens with zero attached hydrogens (tertiary/aromatic N) is 2. The maximum Gasteiger partial charge on any atom is 0.407 e. The Balaban J connectivity index is 1.32. The van der Waals surface area contributed by atoms with Crippen molar-refractivity contribution in [2.45, 2.75) is 37.1 Å². The Labute approximate surface area is 275 Å². The van der Waals surface area contributed by atoms with Gasteiger partial charge in [0.2, 0.25) is 0 Å². The predicted molar refractivity (Wildman–Crippen MR) is 180 cm³/mol. The van der Waals surface area contributed by atoms with E-state index in [0.29, 0.717) is 18.7 Å². The Kier molecular flexibility index (Phi) is 11.5. The van der Waals surface area contributed by atoms with Gasteiger partial charge in [-0.1, -0.05) is 121 Å². The highest BCUT2D eigenvalue weighted by molar-refractivity contribution is 5.76.